The van der Waals surface area contributed by atoms with E-state index < -0.39 is 17.8 Å². The van der Waals surface area contributed by atoms with Gasteiger partial charge in [-0.3, -0.25) is 9.59 Å². The third kappa shape index (κ3) is 30.4. The predicted octanol–water partition coefficient (Wildman–Crippen LogP) is 1.51. The smallest absolute Gasteiger partial charge is 0.407 e. The molecule has 1 amide bonds. The Balaban J connectivity index is 0. The Hall–Kier alpha value is -1.67. The summed E-state index contributed by atoms with van der Waals surface area (Å²) < 4.78 is 36.4. The molecule has 3 N–H and O–H groups in total. The van der Waals surface area contributed by atoms with Gasteiger partial charge in [0, 0.05) is 13.1 Å². The number of ether oxygens (including phenoxy) is 7. The second kappa shape index (κ2) is 24.7. The quantitative estimate of drug-likeness (QED) is 0.204. The molecule has 0 aromatic rings. The second-order valence-corrected chi connectivity index (χ2v) is 8.91. The van der Waals surface area contributed by atoms with Crippen molar-refractivity contribution in [3.63, 3.8) is 0 Å². The van der Waals surface area contributed by atoms with Gasteiger partial charge < -0.3 is 44.2 Å². The highest BCUT2D eigenvalue weighted by atomic mass is 16.6. The van der Waals surface area contributed by atoms with Gasteiger partial charge in [0.05, 0.1) is 66.1 Å². The molecule has 0 aromatic heterocycles. The van der Waals surface area contributed by atoms with Gasteiger partial charge in [0.1, 0.15) is 17.8 Å². The van der Waals surface area contributed by atoms with Gasteiger partial charge in [-0.05, 0) is 48.5 Å². The maximum absolute atomic E-state index is 11.3. The summed E-state index contributed by atoms with van der Waals surface area (Å²) in [7, 11) is 0. The highest BCUT2D eigenvalue weighted by Crippen LogP contribution is 2.06. The van der Waals surface area contributed by atoms with Crippen LogP contribution in [-0.4, -0.2) is 115 Å². The van der Waals surface area contributed by atoms with Crippen LogP contribution in [0.15, 0.2) is 0 Å². The summed E-state index contributed by atoms with van der Waals surface area (Å²) in [5.41, 5.74) is 4.74. The number of alkyl carbamates (subject to hydrolysis) is 1. The molecular formula is C25H50N2O10. The first kappa shape index (κ1) is 37.5. The Morgan fingerprint density at radius 3 is 1.43 bits per heavy atom. The van der Waals surface area contributed by atoms with Gasteiger partial charge in [-0.2, -0.15) is 0 Å². The zero-order valence-corrected chi connectivity index (χ0v) is 23.8. The Morgan fingerprint density at radius 2 is 1.05 bits per heavy atom. The highest BCUT2D eigenvalue weighted by molar-refractivity contribution is 5.80. The van der Waals surface area contributed by atoms with Gasteiger partial charge in [-0.25, -0.2) is 4.79 Å². The highest BCUT2D eigenvalue weighted by Gasteiger charge is 2.15. The molecule has 0 saturated carbocycles. The number of carbonyl (C=O) groups excluding carboxylic acids is 3. The predicted molar refractivity (Wildman–Crippen MR) is 139 cm³/mol. The number of nitrogens with two attached hydrogens (primary N) is 1. The molecule has 0 aliphatic carbocycles. The van der Waals surface area contributed by atoms with Gasteiger partial charge in [-0.15, -0.1) is 0 Å². The normalized spacial score (nSPS) is 12.8. The average Bonchev–Trinajstić information content (AvgIpc) is 2.80. The van der Waals surface area contributed by atoms with Crippen LogP contribution in [0, 0.1) is 0 Å². The molecular weight excluding hydrogens is 488 g/mol. The van der Waals surface area contributed by atoms with Crippen LogP contribution in [0.4, 0.5) is 4.79 Å². The topological polar surface area (TPSA) is 154 Å². The Bertz CT molecular complexity index is 584. The number of ketones is 2. The van der Waals surface area contributed by atoms with Crippen LogP contribution in [0.25, 0.3) is 0 Å². The molecule has 0 spiro atoms. The van der Waals surface area contributed by atoms with E-state index in [1.807, 2.05) is 0 Å². The van der Waals surface area contributed by atoms with Crippen molar-refractivity contribution in [2.75, 3.05) is 79.2 Å². The van der Waals surface area contributed by atoms with Crippen molar-refractivity contribution in [1.82, 2.24) is 5.32 Å². The van der Waals surface area contributed by atoms with Crippen LogP contribution < -0.4 is 11.1 Å². The molecule has 12 heteroatoms. The van der Waals surface area contributed by atoms with Gasteiger partial charge in [0.15, 0.2) is 11.6 Å². The van der Waals surface area contributed by atoms with E-state index in [-0.39, 0.29) is 17.7 Å². The van der Waals surface area contributed by atoms with E-state index in [0.29, 0.717) is 79.2 Å². The molecule has 37 heavy (non-hydrogen) atoms. The lowest BCUT2D eigenvalue weighted by atomic mass is 10.2. The summed E-state index contributed by atoms with van der Waals surface area (Å²) in [5, 5.41) is 2.59. The third-order valence-electron chi connectivity index (χ3n) is 4.26. The summed E-state index contributed by atoms with van der Waals surface area (Å²) >= 11 is 0. The lowest BCUT2D eigenvalue weighted by Crippen LogP contribution is -2.34. The van der Waals surface area contributed by atoms with Crippen molar-refractivity contribution in [3.8, 4) is 0 Å². The molecule has 0 saturated heterocycles. The molecule has 0 rings (SSSR count). The van der Waals surface area contributed by atoms with Gasteiger partial charge in [-0.1, -0.05) is 0 Å². The maximum Gasteiger partial charge on any atom is 0.407 e. The molecule has 2 atom stereocenters. The minimum absolute atomic E-state index is 0.000760. The summed E-state index contributed by atoms with van der Waals surface area (Å²) in [6.45, 7) is 17.3. The number of nitrogens with one attached hydrogen (secondary N) is 1. The largest absolute Gasteiger partial charge is 0.444 e. The Morgan fingerprint density at radius 1 is 0.676 bits per heavy atom. The van der Waals surface area contributed by atoms with E-state index in [1.165, 1.54) is 13.8 Å². The molecule has 12 nitrogen and oxygen atoms in total. The minimum Gasteiger partial charge on any atom is -0.444 e. The molecule has 0 aliphatic heterocycles. The van der Waals surface area contributed by atoms with Crippen molar-refractivity contribution in [1.29, 1.82) is 0 Å². The number of amides is 1. The van der Waals surface area contributed by atoms with Crippen LogP contribution in [0.2, 0.25) is 0 Å². The number of carbonyl (C=O) groups is 3. The SMILES string of the molecule is CC(=O)[C@H](C)OCCOCCOCCN.CC(=O)[C@H](C)OCCOCCOCCNC(=O)OC(C)(C)C. The van der Waals surface area contributed by atoms with Crippen molar-refractivity contribution in [2.24, 2.45) is 5.73 Å². The first-order valence-electron chi connectivity index (χ1n) is 12.6. The van der Waals surface area contributed by atoms with Crippen molar-refractivity contribution in [3.05, 3.63) is 0 Å². The van der Waals surface area contributed by atoms with Crippen LogP contribution in [0.1, 0.15) is 48.5 Å². The maximum atomic E-state index is 11.3. The monoisotopic (exact) mass is 538 g/mol. The molecule has 0 fully saturated rings. The van der Waals surface area contributed by atoms with Crippen molar-refractivity contribution >= 4 is 17.7 Å². The van der Waals surface area contributed by atoms with Crippen LogP contribution in [0.3, 0.4) is 0 Å². The molecule has 0 heterocycles. The minimum atomic E-state index is -0.499. The molecule has 220 valence electrons. The summed E-state index contributed by atoms with van der Waals surface area (Å²) in [5.74, 6) is 0.0297. The zero-order valence-electron chi connectivity index (χ0n) is 23.8. The molecule has 0 aliphatic rings. The average molecular weight is 539 g/mol. The Kier molecular flexibility index (Phi) is 25.0. The lowest BCUT2D eigenvalue weighted by Gasteiger charge is -2.19. The first-order chi connectivity index (χ1) is 17.4. The second-order valence-electron chi connectivity index (χ2n) is 8.91. The number of hydrogen-bond donors (Lipinski definition) is 2. The van der Waals surface area contributed by atoms with Crippen molar-refractivity contribution < 1.29 is 47.5 Å². The van der Waals surface area contributed by atoms with E-state index in [0.717, 1.165) is 0 Å². The van der Waals surface area contributed by atoms with E-state index in [9.17, 15) is 14.4 Å². The summed E-state index contributed by atoms with van der Waals surface area (Å²) in [4.78, 5) is 33.0. The van der Waals surface area contributed by atoms with Gasteiger partial charge >= 0.3 is 6.09 Å². The number of hydrogen-bond acceptors (Lipinski definition) is 11. The lowest BCUT2D eigenvalue weighted by molar-refractivity contribution is -0.128. The standard InChI is InChI=1S/C15H29NO6.C10H21NO4/c1-12(17)13(2)21-11-10-20-9-8-19-7-6-16-14(18)22-15(3,4)5;1-9(12)10(2)15-8-7-14-6-5-13-4-3-11/h13H,6-11H2,1-5H3,(H,16,18);10H,3-8,11H2,1-2H3/t13-;10-/m00/s1. The van der Waals surface area contributed by atoms with Gasteiger partial charge in [0.25, 0.3) is 0 Å². The number of rotatable bonds is 21. The van der Waals surface area contributed by atoms with E-state index in [2.05, 4.69) is 5.32 Å². The fraction of sp³-hybridized carbons (Fsp3) is 0.880. The fourth-order valence-electron chi connectivity index (χ4n) is 2.07. The van der Waals surface area contributed by atoms with Crippen LogP contribution in [-0.2, 0) is 42.7 Å². The van der Waals surface area contributed by atoms with E-state index >= 15 is 0 Å². The molecule has 0 bridgehead atoms. The zero-order chi connectivity index (χ0) is 28.5. The van der Waals surface area contributed by atoms with Crippen molar-refractivity contribution in [2.45, 2.75) is 66.3 Å². The van der Waals surface area contributed by atoms with Gasteiger partial charge in [0.2, 0.25) is 0 Å². The summed E-state index contributed by atoms with van der Waals surface area (Å²) in [6, 6.07) is 0. The Labute approximate surface area is 222 Å². The van der Waals surface area contributed by atoms with E-state index in [4.69, 9.17) is 38.9 Å². The fourth-order valence-corrected chi connectivity index (χ4v) is 2.07. The van der Waals surface area contributed by atoms with E-state index in [1.54, 1.807) is 34.6 Å². The molecule has 0 radical (unpaired) electrons. The first-order valence-corrected chi connectivity index (χ1v) is 12.6. The number of Topliss-reactive ketones (excluding diaryl/α,β-unsaturated/α-hetero) is 2. The van der Waals surface area contributed by atoms with Crippen LogP contribution >= 0.6 is 0 Å². The molecule has 0 unspecified atom stereocenters. The summed E-state index contributed by atoms with van der Waals surface area (Å²) in [6.07, 6.45) is -1.19. The third-order valence-corrected chi connectivity index (χ3v) is 4.26. The molecule has 0 aromatic carbocycles. The van der Waals surface area contributed by atoms with Crippen LogP contribution in [0.5, 0.6) is 0 Å².